The maximum absolute atomic E-state index is 11.8. The molecule has 1 heterocycles. The first-order valence-electron chi connectivity index (χ1n) is 5.02. The molecule has 8 heteroatoms. The Hall–Kier alpha value is -1.99. The van der Waals surface area contributed by atoms with Crippen LogP contribution in [-0.4, -0.2) is 31.1 Å². The van der Waals surface area contributed by atoms with Gasteiger partial charge in [0.2, 0.25) is 0 Å². The van der Waals surface area contributed by atoms with E-state index in [1.165, 1.54) is 17.8 Å². The molecule has 0 unspecified atom stereocenters. The van der Waals surface area contributed by atoms with Crippen molar-refractivity contribution in [3.05, 3.63) is 24.2 Å². The van der Waals surface area contributed by atoms with Crippen LogP contribution < -0.4 is 10.6 Å². The largest absolute Gasteiger partial charge is 0.472 e. The number of amides is 2. The lowest BCUT2D eigenvalue weighted by Crippen LogP contribution is -2.43. The monoisotopic (exact) mass is 264 g/mol. The minimum atomic E-state index is -4.53. The minimum absolute atomic E-state index is 0.137. The minimum Gasteiger partial charge on any atom is -0.472 e. The molecule has 0 spiro atoms. The van der Waals surface area contributed by atoms with E-state index in [1.54, 1.807) is 6.07 Å². The number of alkyl halides is 3. The van der Waals surface area contributed by atoms with Crippen molar-refractivity contribution >= 4 is 11.8 Å². The second kappa shape index (κ2) is 6.08. The number of carbonyl (C=O) groups is 2. The number of hydrogen-bond acceptors (Lipinski definition) is 3. The van der Waals surface area contributed by atoms with Crippen LogP contribution in [0.4, 0.5) is 13.2 Å². The van der Waals surface area contributed by atoms with E-state index in [2.05, 4.69) is 5.32 Å². The van der Waals surface area contributed by atoms with Crippen molar-refractivity contribution in [2.75, 3.05) is 13.1 Å². The maximum atomic E-state index is 11.8. The normalized spacial score (nSPS) is 11.1. The smallest absolute Gasteiger partial charge is 0.405 e. The average Bonchev–Trinajstić information content (AvgIpc) is 2.77. The quantitative estimate of drug-likeness (QED) is 0.783. The Morgan fingerprint density at radius 2 is 1.89 bits per heavy atom. The van der Waals surface area contributed by atoms with E-state index in [4.69, 9.17) is 4.42 Å². The third-order valence-electron chi connectivity index (χ3n) is 1.93. The molecule has 0 aliphatic heterocycles. The molecule has 0 fully saturated rings. The van der Waals surface area contributed by atoms with Crippen molar-refractivity contribution < 1.29 is 27.2 Å². The van der Waals surface area contributed by atoms with Gasteiger partial charge in [0, 0.05) is 6.54 Å². The fraction of sp³-hybridized carbons (Fsp3) is 0.400. The van der Waals surface area contributed by atoms with Gasteiger partial charge in [0.15, 0.2) is 0 Å². The van der Waals surface area contributed by atoms with Crippen LogP contribution in [0.15, 0.2) is 23.0 Å². The van der Waals surface area contributed by atoms with E-state index in [1.807, 2.05) is 0 Å². The molecule has 18 heavy (non-hydrogen) atoms. The SMILES string of the molecule is O=C(NCCc1ccoc1)C(=O)NCC(F)(F)F. The van der Waals surface area contributed by atoms with Gasteiger partial charge in [-0.25, -0.2) is 0 Å². The summed E-state index contributed by atoms with van der Waals surface area (Å²) in [6, 6.07) is 1.68. The zero-order valence-corrected chi connectivity index (χ0v) is 9.21. The maximum Gasteiger partial charge on any atom is 0.405 e. The highest BCUT2D eigenvalue weighted by Gasteiger charge is 2.28. The van der Waals surface area contributed by atoms with Gasteiger partial charge in [0.1, 0.15) is 6.54 Å². The highest BCUT2D eigenvalue weighted by Crippen LogP contribution is 2.11. The van der Waals surface area contributed by atoms with Gasteiger partial charge in [-0.05, 0) is 18.1 Å². The lowest BCUT2D eigenvalue weighted by Gasteiger charge is -2.08. The lowest BCUT2D eigenvalue weighted by molar-refractivity contribution is -0.146. The zero-order chi connectivity index (χ0) is 13.6. The van der Waals surface area contributed by atoms with Crippen molar-refractivity contribution in [3.63, 3.8) is 0 Å². The first-order valence-corrected chi connectivity index (χ1v) is 5.02. The van der Waals surface area contributed by atoms with Crippen LogP contribution in [0.1, 0.15) is 5.56 Å². The van der Waals surface area contributed by atoms with Gasteiger partial charge in [-0.3, -0.25) is 9.59 Å². The number of carbonyl (C=O) groups excluding carboxylic acids is 2. The van der Waals surface area contributed by atoms with Crippen LogP contribution in [-0.2, 0) is 16.0 Å². The molecule has 5 nitrogen and oxygen atoms in total. The zero-order valence-electron chi connectivity index (χ0n) is 9.21. The summed E-state index contributed by atoms with van der Waals surface area (Å²) < 4.78 is 40.1. The summed E-state index contributed by atoms with van der Waals surface area (Å²) in [7, 11) is 0. The highest BCUT2D eigenvalue weighted by molar-refractivity contribution is 6.35. The van der Waals surface area contributed by atoms with Gasteiger partial charge in [-0.15, -0.1) is 0 Å². The number of furan rings is 1. The summed E-state index contributed by atoms with van der Waals surface area (Å²) in [5.74, 6) is -2.40. The van der Waals surface area contributed by atoms with E-state index >= 15 is 0 Å². The molecule has 0 radical (unpaired) electrons. The standard InChI is InChI=1S/C10H11F3N2O3/c11-10(12,13)6-15-9(17)8(16)14-3-1-7-2-4-18-5-7/h2,4-5H,1,3,6H2,(H,14,16)(H,15,17). The van der Waals surface area contributed by atoms with Crippen molar-refractivity contribution in [1.82, 2.24) is 10.6 Å². The first-order chi connectivity index (χ1) is 8.38. The number of rotatable bonds is 4. The second-order valence-electron chi connectivity index (χ2n) is 3.44. The van der Waals surface area contributed by atoms with Crippen molar-refractivity contribution in [3.8, 4) is 0 Å². The lowest BCUT2D eigenvalue weighted by atomic mass is 10.2. The molecule has 0 aliphatic rings. The Balaban J connectivity index is 2.22. The summed E-state index contributed by atoms with van der Waals surface area (Å²) in [5, 5.41) is 3.67. The van der Waals surface area contributed by atoms with Crippen LogP contribution in [0.2, 0.25) is 0 Å². The van der Waals surface area contributed by atoms with Gasteiger partial charge in [0.05, 0.1) is 12.5 Å². The summed E-state index contributed by atoms with van der Waals surface area (Å²) in [6.45, 7) is -1.39. The molecule has 100 valence electrons. The van der Waals surface area contributed by atoms with Gasteiger partial charge in [-0.2, -0.15) is 13.2 Å². The number of halogens is 3. The van der Waals surface area contributed by atoms with E-state index in [0.717, 1.165) is 5.56 Å². The second-order valence-corrected chi connectivity index (χ2v) is 3.44. The first kappa shape index (κ1) is 14.1. The third kappa shape index (κ3) is 5.37. The molecule has 1 aromatic rings. The summed E-state index contributed by atoms with van der Waals surface area (Å²) in [5.41, 5.74) is 0.811. The Labute approximate surface area is 100 Å². The molecule has 0 bridgehead atoms. The predicted octanol–water partition coefficient (Wildman–Crippen LogP) is 0.617. The number of nitrogens with one attached hydrogen (secondary N) is 2. The Morgan fingerprint density at radius 1 is 1.22 bits per heavy atom. The van der Waals surface area contributed by atoms with Crippen LogP contribution in [0, 0.1) is 0 Å². The molecular weight excluding hydrogens is 253 g/mol. The Kier molecular flexibility index (Phi) is 4.75. The van der Waals surface area contributed by atoms with Gasteiger partial charge >= 0.3 is 18.0 Å². The van der Waals surface area contributed by atoms with E-state index < -0.39 is 24.5 Å². The molecule has 0 atom stereocenters. The topological polar surface area (TPSA) is 71.3 Å². The molecule has 0 saturated carbocycles. The molecule has 0 aromatic carbocycles. The van der Waals surface area contributed by atoms with Crippen molar-refractivity contribution in [2.45, 2.75) is 12.6 Å². The molecule has 0 saturated heterocycles. The number of hydrogen-bond donors (Lipinski definition) is 2. The molecule has 2 amide bonds. The van der Waals surface area contributed by atoms with Crippen LogP contribution in [0.25, 0.3) is 0 Å². The summed E-state index contributed by atoms with van der Waals surface area (Å²) in [4.78, 5) is 22.0. The van der Waals surface area contributed by atoms with Crippen LogP contribution in [0.5, 0.6) is 0 Å². The van der Waals surface area contributed by atoms with Crippen LogP contribution >= 0.6 is 0 Å². The van der Waals surface area contributed by atoms with E-state index in [-0.39, 0.29) is 6.54 Å². The van der Waals surface area contributed by atoms with Crippen molar-refractivity contribution in [2.24, 2.45) is 0 Å². The van der Waals surface area contributed by atoms with Gasteiger partial charge < -0.3 is 15.1 Å². The van der Waals surface area contributed by atoms with Crippen molar-refractivity contribution in [1.29, 1.82) is 0 Å². The third-order valence-corrected chi connectivity index (χ3v) is 1.93. The van der Waals surface area contributed by atoms with Crippen LogP contribution in [0.3, 0.4) is 0 Å². The van der Waals surface area contributed by atoms with E-state index in [0.29, 0.717) is 6.42 Å². The molecule has 1 aromatic heterocycles. The molecule has 0 aliphatic carbocycles. The molecule has 2 N–H and O–H groups in total. The summed E-state index contributed by atoms with van der Waals surface area (Å²) >= 11 is 0. The fourth-order valence-electron chi connectivity index (χ4n) is 1.10. The Morgan fingerprint density at radius 3 is 2.44 bits per heavy atom. The highest BCUT2D eigenvalue weighted by atomic mass is 19.4. The fourth-order valence-corrected chi connectivity index (χ4v) is 1.10. The Bertz CT molecular complexity index is 401. The average molecular weight is 264 g/mol. The molecule has 1 rings (SSSR count). The van der Waals surface area contributed by atoms with Gasteiger partial charge in [0.25, 0.3) is 0 Å². The predicted molar refractivity (Wildman–Crippen MR) is 54.5 cm³/mol. The summed E-state index contributed by atoms with van der Waals surface area (Å²) in [6.07, 6.45) is -1.19. The molecular formula is C10H11F3N2O3. The van der Waals surface area contributed by atoms with E-state index in [9.17, 15) is 22.8 Å². The van der Waals surface area contributed by atoms with Gasteiger partial charge in [-0.1, -0.05) is 0 Å².